The summed E-state index contributed by atoms with van der Waals surface area (Å²) in [5, 5.41) is 40.0. The van der Waals surface area contributed by atoms with Crippen LogP contribution >= 0.6 is 57.8 Å². The number of β-lactam (4-membered cyclic amide) rings is 1. The van der Waals surface area contributed by atoms with Crippen molar-refractivity contribution in [2.45, 2.75) is 22.7 Å². The molecule has 22 heteroatoms. The van der Waals surface area contributed by atoms with Crippen molar-refractivity contribution in [3.8, 4) is 11.3 Å². The monoisotopic (exact) mass is 779 g/mol. The molecule has 0 bridgehead atoms. The SMILES string of the molecule is Cc1onc(-c2ccccc2Cl)c1N(CCON=C(C(=O)NC1C(=O)N2CC(CSc3nncs3)(C(=O)O)CS[C@H]12)c1csc(N)n1)C(=O)O. The summed E-state index contributed by atoms with van der Waals surface area (Å²) in [6.45, 7) is 0.967. The van der Waals surface area contributed by atoms with Crippen LogP contribution in [-0.4, -0.2) is 108 Å². The summed E-state index contributed by atoms with van der Waals surface area (Å²) in [5.74, 6) is -1.66. The van der Waals surface area contributed by atoms with Crippen LogP contribution in [0, 0.1) is 12.3 Å². The number of nitrogens with two attached hydrogens (primary N) is 1. The fraction of sp³-hybridized carbons (Fsp3) is 0.321. The maximum Gasteiger partial charge on any atom is 0.412 e. The van der Waals surface area contributed by atoms with Gasteiger partial charge in [-0.1, -0.05) is 63.2 Å². The van der Waals surface area contributed by atoms with E-state index in [0.29, 0.717) is 14.9 Å². The Bertz CT molecular complexity index is 1960. The van der Waals surface area contributed by atoms with Gasteiger partial charge >= 0.3 is 12.1 Å². The lowest BCUT2D eigenvalue weighted by molar-refractivity contribution is -0.157. The van der Waals surface area contributed by atoms with E-state index in [1.54, 1.807) is 36.7 Å². The third-order valence-electron chi connectivity index (χ3n) is 7.70. The standard InChI is InChI=1S/C28H26ClN9O8S4/c1-13-20(17(36-46-13)14-4-2-3-5-15(14)29)37(27(43)44)6-7-45-35-18(16-8-47-25(30)32-16)21(39)33-19-22(40)38-9-28(24(41)42,10-48-23(19)38)11-49-26-34-31-12-50-26/h2-5,8,12,19,23H,6-7,9-11H2,1H3,(H2,30,32)(H,33,39)(H,41,42)(H,43,44)/t19?,23-,28?/m1/s1. The number of aliphatic carboxylic acids is 1. The van der Waals surface area contributed by atoms with Gasteiger partial charge in [-0.05, 0) is 13.0 Å². The lowest BCUT2D eigenvalue weighted by atomic mass is 9.89. The second-order valence-electron chi connectivity index (χ2n) is 10.9. The van der Waals surface area contributed by atoms with Crippen LogP contribution in [0.4, 0.5) is 15.6 Å². The van der Waals surface area contributed by atoms with Gasteiger partial charge in [-0.2, -0.15) is 0 Å². The Hall–Kier alpha value is -4.44. The van der Waals surface area contributed by atoms with E-state index < -0.39 is 40.7 Å². The van der Waals surface area contributed by atoms with Crippen LogP contribution < -0.4 is 16.0 Å². The molecule has 262 valence electrons. The Morgan fingerprint density at radius 2 is 2.10 bits per heavy atom. The maximum atomic E-state index is 13.5. The summed E-state index contributed by atoms with van der Waals surface area (Å²) in [6, 6.07) is 5.80. The first-order chi connectivity index (χ1) is 24.0. The van der Waals surface area contributed by atoms with E-state index in [1.165, 1.54) is 45.1 Å². The van der Waals surface area contributed by atoms with E-state index in [-0.39, 0.29) is 64.9 Å². The van der Waals surface area contributed by atoms with Gasteiger partial charge in [0, 0.05) is 29.0 Å². The highest BCUT2D eigenvalue weighted by molar-refractivity contribution is 8.01. The van der Waals surface area contributed by atoms with Crippen molar-refractivity contribution < 1.29 is 38.8 Å². The zero-order valence-electron chi connectivity index (χ0n) is 25.7. The molecule has 2 aliphatic rings. The van der Waals surface area contributed by atoms with Gasteiger partial charge in [0.05, 0.1) is 11.6 Å². The third-order valence-corrected chi connectivity index (χ3v) is 12.4. The normalized spacial score (nSPS) is 20.2. The van der Waals surface area contributed by atoms with Crippen molar-refractivity contribution in [3.63, 3.8) is 0 Å². The Balaban J connectivity index is 1.13. The number of carboxylic acid groups (broad SMARTS) is 2. The van der Waals surface area contributed by atoms with Crippen LogP contribution in [0.3, 0.4) is 0 Å². The number of nitrogens with zero attached hydrogens (tertiary/aromatic N) is 7. The molecule has 0 radical (unpaired) electrons. The largest absolute Gasteiger partial charge is 0.481 e. The van der Waals surface area contributed by atoms with Crippen molar-refractivity contribution in [1.82, 2.24) is 30.6 Å². The Morgan fingerprint density at radius 1 is 1.30 bits per heavy atom. The Labute approximate surface area is 304 Å². The average molecular weight is 780 g/mol. The number of carbonyl (C=O) groups excluding carboxylic acids is 2. The molecule has 0 saturated carbocycles. The summed E-state index contributed by atoms with van der Waals surface area (Å²) in [4.78, 5) is 63.4. The summed E-state index contributed by atoms with van der Waals surface area (Å²) >= 11 is 11.2. The highest BCUT2D eigenvalue weighted by atomic mass is 35.5. The van der Waals surface area contributed by atoms with Gasteiger partial charge < -0.3 is 35.5 Å². The molecule has 2 aliphatic heterocycles. The fourth-order valence-electron chi connectivity index (χ4n) is 5.20. The first-order valence-corrected chi connectivity index (χ1v) is 18.6. The van der Waals surface area contributed by atoms with E-state index in [0.717, 1.165) is 16.2 Å². The summed E-state index contributed by atoms with van der Waals surface area (Å²) in [7, 11) is 0. The zero-order chi connectivity index (χ0) is 35.6. The number of aromatic nitrogens is 4. The quantitative estimate of drug-likeness (QED) is 0.0500. The van der Waals surface area contributed by atoms with Gasteiger partial charge in [0.15, 0.2) is 20.9 Å². The van der Waals surface area contributed by atoms with Gasteiger partial charge in [-0.25, -0.2) is 9.78 Å². The molecule has 3 atom stereocenters. The molecule has 5 heterocycles. The number of carboxylic acids is 1. The number of fused-ring (bicyclic) bond motifs is 1. The number of amides is 3. The van der Waals surface area contributed by atoms with Gasteiger partial charge in [-0.15, -0.1) is 33.3 Å². The minimum Gasteiger partial charge on any atom is -0.481 e. The molecule has 2 fully saturated rings. The minimum absolute atomic E-state index is 0.0341. The number of hydrogen-bond acceptors (Lipinski definition) is 16. The Kier molecular flexibility index (Phi) is 10.5. The van der Waals surface area contributed by atoms with Crippen LogP contribution in [0.5, 0.6) is 0 Å². The lowest BCUT2D eigenvalue weighted by Gasteiger charge is -2.53. The highest BCUT2D eigenvalue weighted by Crippen LogP contribution is 2.44. The van der Waals surface area contributed by atoms with Crippen LogP contribution in [-0.2, 0) is 19.2 Å². The number of aryl methyl sites for hydroxylation is 1. The molecule has 2 unspecified atom stereocenters. The number of oxime groups is 1. The zero-order valence-corrected chi connectivity index (χ0v) is 29.7. The minimum atomic E-state index is -1.33. The molecule has 50 heavy (non-hydrogen) atoms. The van der Waals surface area contributed by atoms with Crippen molar-refractivity contribution in [3.05, 3.63) is 51.6 Å². The molecule has 1 aromatic carbocycles. The third kappa shape index (κ3) is 7.08. The van der Waals surface area contributed by atoms with E-state index in [2.05, 4.69) is 30.8 Å². The number of thiazole rings is 1. The molecule has 17 nitrogen and oxygen atoms in total. The molecular weight excluding hydrogens is 754 g/mol. The first kappa shape index (κ1) is 35.4. The van der Waals surface area contributed by atoms with E-state index >= 15 is 0 Å². The van der Waals surface area contributed by atoms with Crippen LogP contribution in [0.2, 0.25) is 5.02 Å². The number of nitrogens with one attached hydrogen (secondary N) is 1. The molecule has 5 N–H and O–H groups in total. The van der Waals surface area contributed by atoms with E-state index in [1.807, 2.05) is 0 Å². The molecule has 6 rings (SSSR count). The first-order valence-electron chi connectivity index (χ1n) is 14.5. The smallest absolute Gasteiger partial charge is 0.412 e. The number of nitrogen functional groups attached to an aromatic ring is 1. The van der Waals surface area contributed by atoms with E-state index in [9.17, 15) is 29.4 Å². The number of hydrogen-bond donors (Lipinski definition) is 4. The summed E-state index contributed by atoms with van der Waals surface area (Å²) < 4.78 is 5.93. The Morgan fingerprint density at radius 3 is 2.78 bits per heavy atom. The number of rotatable bonds is 13. The predicted octanol–water partition coefficient (Wildman–Crippen LogP) is 3.36. The van der Waals surface area contributed by atoms with Gasteiger partial charge in [0.25, 0.3) is 5.91 Å². The van der Waals surface area contributed by atoms with Crippen molar-refractivity contribution in [1.29, 1.82) is 0 Å². The number of thioether (sulfide) groups is 2. The van der Waals surface area contributed by atoms with Crippen molar-refractivity contribution >= 4 is 98.2 Å². The van der Waals surface area contributed by atoms with Crippen molar-refractivity contribution in [2.75, 3.05) is 41.8 Å². The number of anilines is 2. The van der Waals surface area contributed by atoms with Crippen molar-refractivity contribution in [2.24, 2.45) is 10.6 Å². The highest BCUT2D eigenvalue weighted by Gasteiger charge is 2.57. The summed E-state index contributed by atoms with van der Waals surface area (Å²) in [6.07, 6.45) is -1.33. The number of benzene rings is 1. The topological polar surface area (TPSA) is 240 Å². The predicted molar refractivity (Wildman–Crippen MR) is 187 cm³/mol. The molecule has 2 saturated heterocycles. The second kappa shape index (κ2) is 14.8. The molecular formula is C28H26ClN9O8S4. The molecule has 0 aliphatic carbocycles. The molecule has 3 aromatic heterocycles. The van der Waals surface area contributed by atoms with Gasteiger partial charge in [0.2, 0.25) is 5.91 Å². The van der Waals surface area contributed by atoms with Gasteiger partial charge in [0.1, 0.15) is 46.0 Å². The molecule has 3 amide bonds. The second-order valence-corrected chi connectivity index (χ2v) is 15.3. The van der Waals surface area contributed by atoms with Crippen LogP contribution in [0.1, 0.15) is 11.5 Å². The molecule has 0 spiro atoms. The lowest BCUT2D eigenvalue weighted by Crippen LogP contribution is -2.74. The molecule has 4 aromatic rings. The van der Waals surface area contributed by atoms with Gasteiger partial charge in [-0.3, -0.25) is 19.3 Å². The summed E-state index contributed by atoms with van der Waals surface area (Å²) in [5.41, 5.74) is 6.76. The van der Waals surface area contributed by atoms with Crippen LogP contribution in [0.15, 0.2) is 49.2 Å². The number of carbonyl (C=O) groups is 4. The van der Waals surface area contributed by atoms with E-state index in [4.69, 9.17) is 26.7 Å². The number of halogens is 1. The fourth-order valence-corrected chi connectivity index (χ4v) is 9.33. The maximum absolute atomic E-state index is 13.5. The average Bonchev–Trinajstić information content (AvgIpc) is 3.86. The van der Waals surface area contributed by atoms with Crippen LogP contribution in [0.25, 0.3) is 11.3 Å².